The van der Waals surface area contributed by atoms with Gasteiger partial charge in [-0.1, -0.05) is 11.8 Å². The molecule has 90 valence electrons. The van der Waals surface area contributed by atoms with Crippen LogP contribution < -0.4 is 0 Å². The third-order valence-electron chi connectivity index (χ3n) is 2.17. The first-order valence-electron chi connectivity index (χ1n) is 5.24. The van der Waals surface area contributed by atoms with Crippen molar-refractivity contribution in [2.45, 2.75) is 10.1 Å². The summed E-state index contributed by atoms with van der Waals surface area (Å²) in [5, 5.41) is 1.03. The van der Waals surface area contributed by atoms with Gasteiger partial charge in [-0.05, 0) is 24.3 Å². The van der Waals surface area contributed by atoms with Gasteiger partial charge in [0.1, 0.15) is 5.82 Å². The van der Waals surface area contributed by atoms with E-state index in [1.807, 2.05) is 29.9 Å². The van der Waals surface area contributed by atoms with E-state index in [1.54, 1.807) is 29.7 Å². The first kappa shape index (κ1) is 12.5. The summed E-state index contributed by atoms with van der Waals surface area (Å²) in [5.41, 5.74) is 0. The van der Waals surface area contributed by atoms with E-state index in [2.05, 4.69) is 4.98 Å². The molecule has 0 spiro atoms. The second kappa shape index (κ2) is 6.12. The second-order valence-corrected chi connectivity index (χ2v) is 5.70. The summed E-state index contributed by atoms with van der Waals surface area (Å²) in [6.45, 7) is 0. The average Bonchev–Trinajstić information content (AvgIpc) is 2.73. The number of benzene rings is 1. The van der Waals surface area contributed by atoms with E-state index in [0.717, 1.165) is 21.6 Å². The molecule has 0 radical (unpaired) electrons. The van der Waals surface area contributed by atoms with Crippen molar-refractivity contribution < 1.29 is 4.39 Å². The Morgan fingerprint density at radius 2 is 1.88 bits per heavy atom. The fraction of sp³-hybridized carbons (Fsp3) is 0.250. The summed E-state index contributed by atoms with van der Waals surface area (Å²) >= 11 is 3.47. The molecule has 0 fully saturated rings. The number of halogens is 1. The molecule has 5 heteroatoms. The predicted molar refractivity (Wildman–Crippen MR) is 71.1 cm³/mol. The first-order valence-corrected chi connectivity index (χ1v) is 7.21. The highest BCUT2D eigenvalue weighted by Crippen LogP contribution is 2.21. The van der Waals surface area contributed by atoms with Gasteiger partial charge in [0.15, 0.2) is 5.16 Å². The molecule has 2 nitrogen and oxygen atoms in total. The van der Waals surface area contributed by atoms with Gasteiger partial charge in [0.05, 0.1) is 0 Å². The lowest BCUT2D eigenvalue weighted by molar-refractivity contribution is 0.626. The summed E-state index contributed by atoms with van der Waals surface area (Å²) in [7, 11) is 1.99. The van der Waals surface area contributed by atoms with Gasteiger partial charge < -0.3 is 4.57 Å². The smallest absolute Gasteiger partial charge is 0.167 e. The standard InChI is InChI=1S/C12H13FN2S2/c1-15-7-6-14-12(15)17-9-8-16-11-4-2-10(13)3-5-11/h2-7H,8-9H2,1H3. The highest BCUT2D eigenvalue weighted by atomic mass is 32.2. The number of thioether (sulfide) groups is 2. The highest BCUT2D eigenvalue weighted by molar-refractivity contribution is 8.02. The first-order chi connectivity index (χ1) is 8.25. The van der Waals surface area contributed by atoms with Gasteiger partial charge in [-0.25, -0.2) is 9.37 Å². The van der Waals surface area contributed by atoms with Gasteiger partial charge >= 0.3 is 0 Å². The van der Waals surface area contributed by atoms with Crippen molar-refractivity contribution in [3.8, 4) is 0 Å². The van der Waals surface area contributed by atoms with E-state index >= 15 is 0 Å². The Morgan fingerprint density at radius 1 is 1.18 bits per heavy atom. The van der Waals surface area contributed by atoms with E-state index in [9.17, 15) is 4.39 Å². The zero-order valence-corrected chi connectivity index (χ0v) is 11.1. The van der Waals surface area contributed by atoms with E-state index in [-0.39, 0.29) is 5.82 Å². The average molecular weight is 268 g/mol. The molecular formula is C12H13FN2S2. The van der Waals surface area contributed by atoms with Crippen LogP contribution in [0.15, 0.2) is 46.7 Å². The Balaban J connectivity index is 1.73. The number of aryl methyl sites for hydroxylation is 1. The fourth-order valence-electron chi connectivity index (χ4n) is 1.31. The molecule has 2 rings (SSSR count). The molecule has 0 N–H and O–H groups in total. The maximum Gasteiger partial charge on any atom is 0.167 e. The SMILES string of the molecule is Cn1ccnc1SCCSc1ccc(F)cc1. The quantitative estimate of drug-likeness (QED) is 0.611. The third kappa shape index (κ3) is 3.78. The molecule has 0 amide bonds. The Bertz CT molecular complexity index is 468. The number of hydrogen-bond acceptors (Lipinski definition) is 3. The monoisotopic (exact) mass is 268 g/mol. The largest absolute Gasteiger partial charge is 0.329 e. The summed E-state index contributed by atoms with van der Waals surface area (Å²) in [5.74, 6) is 1.80. The second-order valence-electron chi connectivity index (χ2n) is 3.47. The third-order valence-corrected chi connectivity index (χ3v) is 4.51. The lowest BCUT2D eigenvalue weighted by atomic mass is 10.4. The van der Waals surface area contributed by atoms with Crippen LogP contribution in [0, 0.1) is 5.82 Å². The minimum Gasteiger partial charge on any atom is -0.329 e. The van der Waals surface area contributed by atoms with Crippen LogP contribution in [-0.4, -0.2) is 21.1 Å². The molecule has 0 saturated heterocycles. The highest BCUT2D eigenvalue weighted by Gasteiger charge is 2.00. The fourth-order valence-corrected chi connectivity index (χ4v) is 3.13. The lowest BCUT2D eigenvalue weighted by Gasteiger charge is -2.02. The molecule has 0 saturated carbocycles. The van der Waals surface area contributed by atoms with Crippen molar-refractivity contribution in [2.75, 3.05) is 11.5 Å². The number of nitrogens with zero attached hydrogens (tertiary/aromatic N) is 2. The molecule has 1 heterocycles. The van der Waals surface area contributed by atoms with Crippen LogP contribution in [0.5, 0.6) is 0 Å². The molecule has 0 aliphatic heterocycles. The Morgan fingerprint density at radius 3 is 2.53 bits per heavy atom. The van der Waals surface area contributed by atoms with Gasteiger partial charge in [0.25, 0.3) is 0 Å². The molecular weight excluding hydrogens is 255 g/mol. The van der Waals surface area contributed by atoms with Gasteiger partial charge in [-0.15, -0.1) is 11.8 Å². The Hall–Kier alpha value is -0.940. The van der Waals surface area contributed by atoms with Crippen molar-refractivity contribution in [1.82, 2.24) is 9.55 Å². The van der Waals surface area contributed by atoms with Crippen LogP contribution in [-0.2, 0) is 7.05 Å². The van der Waals surface area contributed by atoms with Crippen molar-refractivity contribution in [2.24, 2.45) is 7.05 Å². The van der Waals surface area contributed by atoms with E-state index in [1.165, 1.54) is 12.1 Å². The molecule has 0 aliphatic rings. The molecule has 0 bridgehead atoms. The van der Waals surface area contributed by atoms with Gasteiger partial charge in [-0.3, -0.25) is 0 Å². The van der Waals surface area contributed by atoms with Crippen LogP contribution in [0.3, 0.4) is 0 Å². The summed E-state index contributed by atoms with van der Waals surface area (Å²) in [6.07, 6.45) is 3.74. The minimum atomic E-state index is -0.184. The van der Waals surface area contributed by atoms with Crippen molar-refractivity contribution in [3.63, 3.8) is 0 Å². The van der Waals surface area contributed by atoms with Crippen molar-refractivity contribution in [1.29, 1.82) is 0 Å². The number of rotatable bonds is 5. The molecule has 17 heavy (non-hydrogen) atoms. The van der Waals surface area contributed by atoms with E-state index < -0.39 is 0 Å². The van der Waals surface area contributed by atoms with Crippen molar-refractivity contribution >= 4 is 23.5 Å². The Kier molecular flexibility index (Phi) is 4.50. The van der Waals surface area contributed by atoms with Gasteiger partial charge in [-0.2, -0.15) is 0 Å². The van der Waals surface area contributed by atoms with Crippen LogP contribution in [0.2, 0.25) is 0 Å². The van der Waals surface area contributed by atoms with Gasteiger partial charge in [0, 0.05) is 35.8 Å². The van der Waals surface area contributed by atoms with E-state index in [4.69, 9.17) is 0 Å². The molecule has 1 aromatic heterocycles. The Labute approximate surface area is 109 Å². The normalized spacial score (nSPS) is 10.7. The minimum absolute atomic E-state index is 0.184. The zero-order chi connectivity index (χ0) is 12.1. The molecule has 0 aliphatic carbocycles. The summed E-state index contributed by atoms with van der Waals surface area (Å²) < 4.78 is 14.7. The summed E-state index contributed by atoms with van der Waals surface area (Å²) in [4.78, 5) is 5.34. The topological polar surface area (TPSA) is 17.8 Å². The molecule has 1 aromatic carbocycles. The van der Waals surface area contributed by atoms with Crippen LogP contribution >= 0.6 is 23.5 Å². The maximum absolute atomic E-state index is 12.7. The maximum atomic E-state index is 12.7. The van der Waals surface area contributed by atoms with Crippen LogP contribution in [0.1, 0.15) is 0 Å². The van der Waals surface area contributed by atoms with Gasteiger partial charge in [0.2, 0.25) is 0 Å². The number of hydrogen-bond donors (Lipinski definition) is 0. The van der Waals surface area contributed by atoms with E-state index in [0.29, 0.717) is 0 Å². The molecule has 0 unspecified atom stereocenters. The van der Waals surface area contributed by atoms with Crippen molar-refractivity contribution in [3.05, 3.63) is 42.5 Å². The molecule has 2 aromatic rings. The van der Waals surface area contributed by atoms with Crippen LogP contribution in [0.25, 0.3) is 0 Å². The number of aromatic nitrogens is 2. The zero-order valence-electron chi connectivity index (χ0n) is 9.47. The lowest BCUT2D eigenvalue weighted by Crippen LogP contribution is -1.91. The number of imidazole rings is 1. The summed E-state index contributed by atoms with van der Waals surface area (Å²) in [6, 6.07) is 6.61. The predicted octanol–water partition coefficient (Wildman–Crippen LogP) is 3.44. The van der Waals surface area contributed by atoms with Crippen LogP contribution in [0.4, 0.5) is 4.39 Å². The molecule has 0 atom stereocenters.